The van der Waals surface area contributed by atoms with Crippen molar-refractivity contribution in [1.29, 1.82) is 0 Å². The number of hydrogen-bond donors (Lipinski definition) is 0. The van der Waals surface area contributed by atoms with E-state index < -0.39 is 15.8 Å². The fraction of sp³-hybridized carbons (Fsp3) is 0.0435. The first-order chi connectivity index (χ1) is 15.0. The van der Waals surface area contributed by atoms with Crippen molar-refractivity contribution in [3.05, 3.63) is 95.8 Å². The number of nitrogens with zero attached hydrogens (tertiary/aromatic N) is 4. The van der Waals surface area contributed by atoms with E-state index in [9.17, 15) is 13.2 Å². The monoisotopic (exact) mass is 428 g/mol. The van der Waals surface area contributed by atoms with Crippen molar-refractivity contribution in [3.63, 3.8) is 0 Å². The molecule has 2 heterocycles. The van der Waals surface area contributed by atoms with Gasteiger partial charge in [-0.1, -0.05) is 66.2 Å². The molecule has 3 aromatic carbocycles. The van der Waals surface area contributed by atoms with Crippen LogP contribution < -0.4 is 0 Å². The molecular formula is C23H16N4O3S. The average Bonchev–Trinajstić information content (AvgIpc) is 3.14. The zero-order chi connectivity index (χ0) is 21.6. The highest BCUT2D eigenvalue weighted by Crippen LogP contribution is 2.30. The highest BCUT2D eigenvalue weighted by molar-refractivity contribution is 7.90. The number of hydrogen-bond acceptors (Lipinski definition) is 6. The van der Waals surface area contributed by atoms with E-state index in [1.54, 1.807) is 78.9 Å². The summed E-state index contributed by atoms with van der Waals surface area (Å²) in [4.78, 5) is 17.3. The zero-order valence-electron chi connectivity index (χ0n) is 16.4. The van der Waals surface area contributed by atoms with E-state index in [1.165, 1.54) is 0 Å². The molecule has 0 saturated carbocycles. The molecule has 0 aliphatic heterocycles. The standard InChI is InChI=1S/C23H16N4O3S/c1-15-11-13-17(14-12-15)31(29,30)27-19-10-6-5-9-18(19)20-23(27)24-22(26-25-20)21(28)16-7-3-2-4-8-16/h2-14H,1H3. The summed E-state index contributed by atoms with van der Waals surface area (Å²) in [5.74, 6) is -0.596. The Labute approximate surface area is 178 Å². The van der Waals surface area contributed by atoms with Crippen molar-refractivity contribution >= 4 is 37.9 Å². The average molecular weight is 428 g/mol. The first-order valence-corrected chi connectivity index (χ1v) is 11.0. The molecule has 0 aliphatic rings. The highest BCUT2D eigenvalue weighted by Gasteiger charge is 2.26. The maximum Gasteiger partial charge on any atom is 0.269 e. The van der Waals surface area contributed by atoms with E-state index in [1.807, 2.05) is 6.92 Å². The van der Waals surface area contributed by atoms with Crippen LogP contribution in [0.5, 0.6) is 0 Å². The van der Waals surface area contributed by atoms with Gasteiger partial charge >= 0.3 is 0 Å². The molecule has 0 atom stereocenters. The number of fused-ring (bicyclic) bond motifs is 3. The molecule has 2 aromatic heterocycles. The van der Waals surface area contributed by atoms with Gasteiger partial charge in [0.2, 0.25) is 11.6 Å². The zero-order valence-corrected chi connectivity index (χ0v) is 17.2. The summed E-state index contributed by atoms with van der Waals surface area (Å²) in [7, 11) is -4.00. The van der Waals surface area contributed by atoms with Gasteiger partial charge < -0.3 is 0 Å². The summed E-state index contributed by atoms with van der Waals surface area (Å²) in [6, 6.07) is 22.1. The third kappa shape index (κ3) is 3.08. The summed E-state index contributed by atoms with van der Waals surface area (Å²) in [6.07, 6.45) is 0. The smallest absolute Gasteiger partial charge is 0.269 e. The number of para-hydroxylation sites is 1. The molecule has 0 fully saturated rings. The van der Waals surface area contributed by atoms with Gasteiger partial charge in [-0.15, -0.1) is 10.2 Å². The Morgan fingerprint density at radius 1 is 0.839 bits per heavy atom. The molecule has 8 heteroatoms. The highest BCUT2D eigenvalue weighted by atomic mass is 32.2. The molecule has 0 radical (unpaired) electrons. The van der Waals surface area contributed by atoms with E-state index in [0.717, 1.165) is 9.54 Å². The summed E-state index contributed by atoms with van der Waals surface area (Å²) >= 11 is 0. The van der Waals surface area contributed by atoms with Crippen LogP contribution in [0.1, 0.15) is 21.7 Å². The van der Waals surface area contributed by atoms with Gasteiger partial charge in [-0.05, 0) is 25.1 Å². The molecule has 5 aromatic rings. The summed E-state index contributed by atoms with van der Waals surface area (Å²) in [5.41, 5.74) is 2.14. The van der Waals surface area contributed by atoms with Crippen LogP contribution in [0.25, 0.3) is 22.1 Å². The quantitative estimate of drug-likeness (QED) is 0.405. The number of carbonyl (C=O) groups excluding carboxylic acids is 1. The van der Waals surface area contributed by atoms with Crippen LogP contribution >= 0.6 is 0 Å². The van der Waals surface area contributed by atoms with Crippen LogP contribution in [0, 0.1) is 6.92 Å². The van der Waals surface area contributed by atoms with Crippen LogP contribution in [0.4, 0.5) is 0 Å². The Morgan fingerprint density at radius 3 is 2.26 bits per heavy atom. The Hall–Kier alpha value is -3.91. The minimum atomic E-state index is -4.00. The molecule has 7 nitrogen and oxygen atoms in total. The van der Waals surface area contributed by atoms with Crippen molar-refractivity contribution in [1.82, 2.24) is 19.2 Å². The third-order valence-corrected chi connectivity index (χ3v) is 6.76. The van der Waals surface area contributed by atoms with Crippen LogP contribution in [0.15, 0.2) is 83.8 Å². The van der Waals surface area contributed by atoms with Gasteiger partial charge in [-0.2, -0.15) is 0 Å². The van der Waals surface area contributed by atoms with Crippen LogP contribution in [0.2, 0.25) is 0 Å². The summed E-state index contributed by atoms with van der Waals surface area (Å²) in [6.45, 7) is 1.88. The SMILES string of the molecule is Cc1ccc(S(=O)(=O)n2c3ccccc3c3nnc(C(=O)c4ccccc4)nc32)cc1. The van der Waals surface area contributed by atoms with E-state index in [-0.39, 0.29) is 16.4 Å². The third-order valence-electron chi connectivity index (χ3n) is 5.04. The number of benzene rings is 3. The van der Waals surface area contributed by atoms with Gasteiger partial charge in [0.05, 0.1) is 10.4 Å². The molecule has 0 spiro atoms. The Kier molecular flexibility index (Phi) is 4.37. The topological polar surface area (TPSA) is 94.8 Å². The van der Waals surface area contributed by atoms with Crippen molar-refractivity contribution < 1.29 is 13.2 Å². The van der Waals surface area contributed by atoms with Crippen LogP contribution in [-0.2, 0) is 10.0 Å². The van der Waals surface area contributed by atoms with Gasteiger partial charge in [-0.25, -0.2) is 17.4 Å². The predicted octanol–water partition coefficient (Wildman–Crippen LogP) is 3.76. The summed E-state index contributed by atoms with van der Waals surface area (Å²) < 4.78 is 28.3. The van der Waals surface area contributed by atoms with Gasteiger partial charge in [0.15, 0.2) is 5.65 Å². The Bertz CT molecular complexity index is 1560. The van der Waals surface area contributed by atoms with E-state index in [2.05, 4.69) is 15.2 Å². The van der Waals surface area contributed by atoms with Crippen molar-refractivity contribution in [2.75, 3.05) is 0 Å². The Balaban J connectivity index is 1.80. The van der Waals surface area contributed by atoms with E-state index >= 15 is 0 Å². The maximum absolute atomic E-state index is 13.6. The molecule has 0 saturated heterocycles. The fourth-order valence-electron chi connectivity index (χ4n) is 3.47. The van der Waals surface area contributed by atoms with Gasteiger partial charge in [0, 0.05) is 10.9 Å². The largest absolute Gasteiger partial charge is 0.285 e. The maximum atomic E-state index is 13.6. The lowest BCUT2D eigenvalue weighted by Crippen LogP contribution is -2.15. The molecule has 0 unspecified atom stereocenters. The number of aromatic nitrogens is 4. The first kappa shape index (κ1) is 19.1. The van der Waals surface area contributed by atoms with Crippen LogP contribution in [0.3, 0.4) is 0 Å². The van der Waals surface area contributed by atoms with Gasteiger partial charge in [0.1, 0.15) is 5.52 Å². The second kappa shape index (κ2) is 7.10. The first-order valence-electron chi connectivity index (χ1n) is 9.53. The molecule has 0 bridgehead atoms. The normalized spacial score (nSPS) is 11.8. The molecule has 0 amide bonds. The molecular weight excluding hydrogens is 412 g/mol. The molecule has 152 valence electrons. The number of aryl methyl sites for hydroxylation is 1. The summed E-state index contributed by atoms with van der Waals surface area (Å²) in [5, 5.41) is 8.76. The lowest BCUT2D eigenvalue weighted by molar-refractivity contribution is 0.102. The second-order valence-electron chi connectivity index (χ2n) is 7.10. The van der Waals surface area contributed by atoms with Crippen molar-refractivity contribution in [2.24, 2.45) is 0 Å². The molecule has 31 heavy (non-hydrogen) atoms. The van der Waals surface area contributed by atoms with E-state index in [4.69, 9.17) is 0 Å². The predicted molar refractivity (Wildman–Crippen MR) is 116 cm³/mol. The minimum absolute atomic E-state index is 0.0658. The fourth-order valence-corrected chi connectivity index (χ4v) is 4.94. The van der Waals surface area contributed by atoms with Gasteiger partial charge in [0.25, 0.3) is 10.0 Å². The number of rotatable bonds is 4. The Morgan fingerprint density at radius 2 is 1.52 bits per heavy atom. The number of ketones is 1. The molecule has 0 aliphatic carbocycles. The molecule has 5 rings (SSSR count). The molecule has 0 N–H and O–H groups in total. The number of carbonyl (C=O) groups is 1. The van der Waals surface area contributed by atoms with E-state index in [0.29, 0.717) is 22.0 Å². The lowest BCUT2D eigenvalue weighted by atomic mass is 10.1. The van der Waals surface area contributed by atoms with Crippen molar-refractivity contribution in [3.8, 4) is 0 Å². The van der Waals surface area contributed by atoms with Crippen molar-refractivity contribution in [2.45, 2.75) is 11.8 Å². The van der Waals surface area contributed by atoms with Gasteiger partial charge in [-0.3, -0.25) is 4.79 Å². The minimum Gasteiger partial charge on any atom is -0.285 e. The lowest BCUT2D eigenvalue weighted by Gasteiger charge is -2.09. The second-order valence-corrected chi connectivity index (χ2v) is 8.89. The van der Waals surface area contributed by atoms with Crippen LogP contribution in [-0.4, -0.2) is 33.4 Å².